The first-order valence-corrected chi connectivity index (χ1v) is 9.90. The van der Waals surface area contributed by atoms with Crippen LogP contribution < -0.4 is 10.2 Å². The molecule has 8 heteroatoms. The van der Waals surface area contributed by atoms with Crippen LogP contribution in [0, 0.1) is 0 Å². The Morgan fingerprint density at radius 1 is 1.32 bits per heavy atom. The number of pyridine rings is 2. The number of nitrogens with zero attached hydrogens (tertiary/aromatic N) is 3. The monoisotopic (exact) mass is 358 g/mol. The average Bonchev–Trinajstić information content (AvgIpc) is 3.24. The second kappa shape index (κ2) is 5.26. The molecule has 2 aliphatic rings. The lowest BCUT2D eigenvalue weighted by Crippen LogP contribution is -2.20. The van der Waals surface area contributed by atoms with Gasteiger partial charge in [0, 0.05) is 43.0 Å². The lowest BCUT2D eigenvalue weighted by Gasteiger charge is -2.19. The van der Waals surface area contributed by atoms with Crippen molar-refractivity contribution in [3.8, 4) is 0 Å². The van der Waals surface area contributed by atoms with Crippen molar-refractivity contribution in [1.82, 2.24) is 9.97 Å². The summed E-state index contributed by atoms with van der Waals surface area (Å²) in [4.78, 5) is 22.0. The van der Waals surface area contributed by atoms with Crippen LogP contribution in [0.1, 0.15) is 25.3 Å². The molecule has 25 heavy (non-hydrogen) atoms. The van der Waals surface area contributed by atoms with Crippen LogP contribution in [0.2, 0.25) is 0 Å². The maximum atomic E-state index is 11.8. The largest absolute Gasteiger partial charge is 0.325 e. The molecule has 1 amide bonds. The van der Waals surface area contributed by atoms with Gasteiger partial charge >= 0.3 is 0 Å². The molecule has 1 spiro atoms. The number of amides is 1. The number of anilines is 3. The second-order valence-electron chi connectivity index (χ2n) is 6.74. The molecule has 1 aliphatic carbocycles. The van der Waals surface area contributed by atoms with Crippen molar-refractivity contribution in [2.24, 2.45) is 0 Å². The Labute approximate surface area is 146 Å². The zero-order valence-electron chi connectivity index (χ0n) is 14.0. The summed E-state index contributed by atoms with van der Waals surface area (Å²) in [6, 6.07) is 6.83. The van der Waals surface area contributed by atoms with E-state index in [-0.39, 0.29) is 16.3 Å². The summed E-state index contributed by atoms with van der Waals surface area (Å²) in [5.41, 5.74) is 2.13. The van der Waals surface area contributed by atoms with E-state index in [4.69, 9.17) is 0 Å². The topological polar surface area (TPSA) is 92.3 Å². The van der Waals surface area contributed by atoms with E-state index in [1.165, 1.54) is 13.0 Å². The highest BCUT2D eigenvalue weighted by atomic mass is 32.2. The van der Waals surface area contributed by atoms with Crippen molar-refractivity contribution >= 4 is 33.1 Å². The molecule has 0 atom stereocenters. The van der Waals surface area contributed by atoms with Crippen LogP contribution in [0.4, 0.5) is 17.3 Å². The van der Waals surface area contributed by atoms with Crippen LogP contribution in [0.5, 0.6) is 0 Å². The van der Waals surface area contributed by atoms with E-state index in [0.717, 1.165) is 36.9 Å². The maximum Gasteiger partial charge on any atom is 0.222 e. The Bertz CT molecular complexity index is 983. The number of carbonyl (C=O) groups excluding carboxylic acids is 1. The van der Waals surface area contributed by atoms with Crippen molar-refractivity contribution < 1.29 is 13.2 Å². The molecule has 3 heterocycles. The summed E-state index contributed by atoms with van der Waals surface area (Å²) < 4.78 is 23.6. The average molecular weight is 358 g/mol. The maximum absolute atomic E-state index is 11.8. The molecule has 0 saturated heterocycles. The predicted octanol–water partition coefficient (Wildman–Crippen LogP) is 2.02. The molecule has 130 valence electrons. The van der Waals surface area contributed by atoms with E-state index >= 15 is 0 Å². The molecule has 1 N–H and O–H groups in total. The summed E-state index contributed by atoms with van der Waals surface area (Å²) >= 11 is 0. The Balaban J connectivity index is 1.80. The number of carbonyl (C=O) groups is 1. The second-order valence-corrected chi connectivity index (χ2v) is 8.70. The first-order chi connectivity index (χ1) is 11.8. The molecule has 0 bridgehead atoms. The van der Waals surface area contributed by atoms with Crippen LogP contribution in [0.3, 0.4) is 0 Å². The molecule has 1 aliphatic heterocycles. The van der Waals surface area contributed by atoms with Crippen LogP contribution in [0.15, 0.2) is 35.5 Å². The zero-order valence-corrected chi connectivity index (χ0v) is 14.8. The highest BCUT2D eigenvalue weighted by Gasteiger charge is 2.52. The van der Waals surface area contributed by atoms with E-state index in [1.807, 2.05) is 17.2 Å². The third kappa shape index (κ3) is 2.76. The number of aromatic nitrogens is 2. The number of hydrogen-bond acceptors (Lipinski definition) is 6. The molecule has 1 fully saturated rings. The number of sulfone groups is 1. The summed E-state index contributed by atoms with van der Waals surface area (Å²) in [5, 5.41) is 2.75. The fraction of sp³-hybridized carbons (Fsp3) is 0.353. The fourth-order valence-electron chi connectivity index (χ4n) is 3.34. The summed E-state index contributed by atoms with van der Waals surface area (Å²) in [7, 11) is -3.38. The molecular weight excluding hydrogens is 340 g/mol. The molecule has 0 unspecified atom stereocenters. The molecule has 0 radical (unpaired) electrons. The molecular formula is C17H18N4O3S. The van der Waals surface area contributed by atoms with Crippen molar-refractivity contribution in [3.63, 3.8) is 0 Å². The Morgan fingerprint density at radius 3 is 2.72 bits per heavy atom. The lowest BCUT2D eigenvalue weighted by molar-refractivity contribution is -0.114. The van der Waals surface area contributed by atoms with E-state index in [1.54, 1.807) is 12.1 Å². The standard InChI is InChI=1S/C17H18N4O3S/c1-11(22)19-14-8-13-12(9-18-14)17(6-7-17)10-21(13)15-4-3-5-16(20-15)25(2,23)24/h3-5,8-9H,6-7,10H2,1-2H3,(H,18,19,22). The SMILES string of the molecule is CC(=O)Nc1cc2c(cn1)C1(CC1)CN2c1cccc(S(C)(=O)=O)n1. The van der Waals surface area contributed by atoms with Gasteiger partial charge in [0.15, 0.2) is 14.9 Å². The first kappa shape index (κ1) is 16.0. The number of nitrogens with one attached hydrogen (secondary N) is 1. The van der Waals surface area contributed by atoms with Gasteiger partial charge in [-0.15, -0.1) is 0 Å². The fourth-order valence-corrected chi connectivity index (χ4v) is 3.93. The van der Waals surface area contributed by atoms with Gasteiger partial charge in [0.25, 0.3) is 0 Å². The van der Waals surface area contributed by atoms with Crippen molar-refractivity contribution in [2.45, 2.75) is 30.2 Å². The van der Waals surface area contributed by atoms with Crippen molar-refractivity contribution in [2.75, 3.05) is 23.0 Å². The van der Waals surface area contributed by atoms with E-state index in [2.05, 4.69) is 15.3 Å². The number of hydrogen-bond donors (Lipinski definition) is 1. The van der Waals surface area contributed by atoms with Gasteiger partial charge in [-0.25, -0.2) is 18.4 Å². The third-order valence-electron chi connectivity index (χ3n) is 4.73. The van der Waals surface area contributed by atoms with Crippen LogP contribution in [-0.4, -0.2) is 37.1 Å². The minimum absolute atomic E-state index is 0.0550. The molecule has 1 saturated carbocycles. The normalized spacial score (nSPS) is 17.4. The van der Waals surface area contributed by atoms with Crippen LogP contribution >= 0.6 is 0 Å². The van der Waals surface area contributed by atoms with E-state index in [9.17, 15) is 13.2 Å². The van der Waals surface area contributed by atoms with Gasteiger partial charge in [-0.3, -0.25) is 4.79 Å². The van der Waals surface area contributed by atoms with Gasteiger partial charge in [-0.2, -0.15) is 0 Å². The van der Waals surface area contributed by atoms with Crippen molar-refractivity contribution in [3.05, 3.63) is 36.0 Å². The van der Waals surface area contributed by atoms with Crippen molar-refractivity contribution in [1.29, 1.82) is 0 Å². The van der Waals surface area contributed by atoms with Gasteiger partial charge in [-0.05, 0) is 25.0 Å². The van der Waals surface area contributed by atoms with Crippen LogP contribution in [0.25, 0.3) is 0 Å². The van der Waals surface area contributed by atoms with Gasteiger partial charge in [0.1, 0.15) is 11.6 Å². The smallest absolute Gasteiger partial charge is 0.222 e. The van der Waals surface area contributed by atoms with Gasteiger partial charge in [0.05, 0.1) is 5.69 Å². The minimum atomic E-state index is -3.38. The summed E-state index contributed by atoms with van der Waals surface area (Å²) in [6.07, 6.45) is 5.11. The van der Waals surface area contributed by atoms with E-state index < -0.39 is 9.84 Å². The summed E-state index contributed by atoms with van der Waals surface area (Å²) in [5.74, 6) is 0.886. The molecule has 7 nitrogen and oxygen atoms in total. The highest BCUT2D eigenvalue weighted by molar-refractivity contribution is 7.90. The van der Waals surface area contributed by atoms with E-state index in [0.29, 0.717) is 11.6 Å². The zero-order chi connectivity index (χ0) is 17.8. The Kier molecular flexibility index (Phi) is 3.37. The highest BCUT2D eigenvalue weighted by Crippen LogP contribution is 2.57. The Hall–Kier alpha value is -2.48. The number of rotatable bonds is 3. The first-order valence-electron chi connectivity index (χ1n) is 8.01. The van der Waals surface area contributed by atoms with Gasteiger partial charge in [0.2, 0.25) is 5.91 Å². The molecule has 0 aromatic carbocycles. The third-order valence-corrected chi connectivity index (χ3v) is 5.72. The molecule has 2 aromatic heterocycles. The minimum Gasteiger partial charge on any atom is -0.325 e. The lowest BCUT2D eigenvalue weighted by atomic mass is 10.0. The number of fused-ring (bicyclic) bond motifs is 2. The molecule has 4 rings (SSSR count). The van der Waals surface area contributed by atoms with Crippen LogP contribution in [-0.2, 0) is 20.0 Å². The quantitative estimate of drug-likeness (QED) is 0.902. The Morgan fingerprint density at radius 2 is 2.08 bits per heavy atom. The molecule has 2 aromatic rings. The summed E-state index contributed by atoms with van der Waals surface area (Å²) in [6.45, 7) is 2.18. The van der Waals surface area contributed by atoms with Gasteiger partial charge in [-0.1, -0.05) is 6.07 Å². The predicted molar refractivity (Wildman–Crippen MR) is 93.8 cm³/mol. The van der Waals surface area contributed by atoms with Gasteiger partial charge < -0.3 is 10.2 Å².